The number of nitrogens with one attached hydrogen (secondary N) is 1. The van der Waals surface area contributed by atoms with Crippen molar-refractivity contribution >= 4 is 10.8 Å². The smallest absolute Gasteiger partial charge is 0.274 e. The van der Waals surface area contributed by atoms with E-state index >= 15 is 0 Å². The molecule has 1 saturated heterocycles. The minimum absolute atomic E-state index is 0.00335. The number of aromatic nitrogens is 2. The summed E-state index contributed by atoms with van der Waals surface area (Å²) in [7, 11) is 0. The molecule has 2 heterocycles. The quantitative estimate of drug-likeness (QED) is 0.914. The zero-order valence-electron chi connectivity index (χ0n) is 14.9. The van der Waals surface area contributed by atoms with Crippen molar-refractivity contribution in [2.45, 2.75) is 58.3 Å². The lowest BCUT2D eigenvalue weighted by atomic mass is 10.0. The number of benzene rings is 1. The van der Waals surface area contributed by atoms with Crippen LogP contribution in [0.4, 0.5) is 0 Å². The number of piperidine rings is 1. The molecule has 24 heavy (non-hydrogen) atoms. The fourth-order valence-corrected chi connectivity index (χ4v) is 3.55. The first-order valence-corrected chi connectivity index (χ1v) is 8.99. The molecule has 130 valence electrons. The maximum atomic E-state index is 12.5. The van der Waals surface area contributed by atoms with Gasteiger partial charge in [-0.25, -0.2) is 4.68 Å². The van der Waals surface area contributed by atoms with E-state index in [1.165, 1.54) is 12.8 Å². The molecule has 0 saturated carbocycles. The maximum absolute atomic E-state index is 12.5. The first-order valence-electron chi connectivity index (χ1n) is 8.99. The average molecular weight is 328 g/mol. The van der Waals surface area contributed by atoms with Crippen LogP contribution in [0.1, 0.15) is 33.6 Å². The van der Waals surface area contributed by atoms with Gasteiger partial charge < -0.3 is 10.2 Å². The van der Waals surface area contributed by atoms with E-state index < -0.39 is 0 Å². The molecule has 0 spiro atoms. The third-order valence-corrected chi connectivity index (χ3v) is 4.99. The molecular weight excluding hydrogens is 300 g/mol. The van der Waals surface area contributed by atoms with E-state index in [4.69, 9.17) is 0 Å². The fraction of sp³-hybridized carbons (Fsp3) is 0.579. The molecular formula is C19H28N4O. The van der Waals surface area contributed by atoms with Crippen LogP contribution in [-0.4, -0.2) is 45.9 Å². The lowest BCUT2D eigenvalue weighted by Gasteiger charge is -2.36. The fourth-order valence-electron chi connectivity index (χ4n) is 3.55. The van der Waals surface area contributed by atoms with Crippen LogP contribution >= 0.6 is 0 Å². The van der Waals surface area contributed by atoms with Gasteiger partial charge in [-0.15, -0.1) is 0 Å². The van der Waals surface area contributed by atoms with Crippen molar-refractivity contribution in [3.8, 4) is 0 Å². The van der Waals surface area contributed by atoms with Gasteiger partial charge in [0.1, 0.15) is 0 Å². The Bertz CT molecular complexity index is 731. The standard InChI is InChI=1S/C19H28N4O/c1-14(2)22-10-8-17(9-11-22)21-15(3)13-23-19(24)18-7-5-4-6-16(18)12-20-23/h4-7,12,14-15,17,21H,8-11,13H2,1-3H3/t15-/m1/s1. The minimum atomic E-state index is -0.00335. The number of hydrogen-bond donors (Lipinski definition) is 1. The van der Waals surface area contributed by atoms with Crippen LogP contribution in [0, 0.1) is 0 Å². The largest absolute Gasteiger partial charge is 0.310 e. The van der Waals surface area contributed by atoms with Gasteiger partial charge in [-0.05, 0) is 52.8 Å². The Labute approximate surface area is 143 Å². The van der Waals surface area contributed by atoms with Gasteiger partial charge in [0.25, 0.3) is 5.56 Å². The molecule has 5 heteroatoms. The summed E-state index contributed by atoms with van der Waals surface area (Å²) in [6, 6.07) is 9.02. The van der Waals surface area contributed by atoms with Gasteiger partial charge in [0.2, 0.25) is 0 Å². The molecule has 1 aliphatic rings. The highest BCUT2D eigenvalue weighted by atomic mass is 16.1. The van der Waals surface area contributed by atoms with Crippen LogP contribution in [0.2, 0.25) is 0 Å². The molecule has 0 bridgehead atoms. The van der Waals surface area contributed by atoms with Gasteiger partial charge in [0.15, 0.2) is 0 Å². The first-order chi connectivity index (χ1) is 11.5. The normalized spacial score (nSPS) is 18.3. The highest BCUT2D eigenvalue weighted by molar-refractivity contribution is 5.80. The van der Waals surface area contributed by atoms with Crippen molar-refractivity contribution in [2.24, 2.45) is 0 Å². The number of hydrogen-bond acceptors (Lipinski definition) is 4. The third kappa shape index (κ3) is 3.84. The third-order valence-electron chi connectivity index (χ3n) is 4.99. The molecule has 0 amide bonds. The molecule has 0 unspecified atom stereocenters. The summed E-state index contributed by atoms with van der Waals surface area (Å²) >= 11 is 0. The summed E-state index contributed by atoms with van der Waals surface area (Å²) in [5, 5.41) is 9.65. The molecule has 1 aliphatic heterocycles. The lowest BCUT2D eigenvalue weighted by molar-refractivity contribution is 0.155. The van der Waals surface area contributed by atoms with Crippen molar-refractivity contribution in [1.82, 2.24) is 20.0 Å². The van der Waals surface area contributed by atoms with Crippen LogP contribution in [0.3, 0.4) is 0 Å². The first kappa shape index (κ1) is 17.1. The predicted octanol–water partition coefficient (Wildman–Crippen LogP) is 2.25. The molecule has 5 nitrogen and oxygen atoms in total. The predicted molar refractivity (Wildman–Crippen MR) is 98.3 cm³/mol. The molecule has 0 aliphatic carbocycles. The van der Waals surface area contributed by atoms with E-state index in [2.05, 4.69) is 36.1 Å². The molecule has 3 rings (SSSR count). The van der Waals surface area contributed by atoms with E-state index in [-0.39, 0.29) is 11.6 Å². The minimum Gasteiger partial charge on any atom is -0.310 e. The summed E-state index contributed by atoms with van der Waals surface area (Å²) in [4.78, 5) is 15.1. The molecule has 0 radical (unpaired) electrons. The second-order valence-electron chi connectivity index (χ2n) is 7.19. The Hall–Kier alpha value is -1.72. The number of nitrogens with zero attached hydrogens (tertiary/aromatic N) is 3. The van der Waals surface area contributed by atoms with Crippen molar-refractivity contribution < 1.29 is 0 Å². The van der Waals surface area contributed by atoms with Crippen molar-refractivity contribution in [1.29, 1.82) is 0 Å². The highest BCUT2D eigenvalue weighted by Gasteiger charge is 2.22. The monoisotopic (exact) mass is 328 g/mol. The molecule has 1 fully saturated rings. The van der Waals surface area contributed by atoms with Gasteiger partial charge in [0, 0.05) is 23.5 Å². The molecule has 1 atom stereocenters. The topological polar surface area (TPSA) is 50.2 Å². The Morgan fingerprint density at radius 3 is 2.62 bits per heavy atom. The van der Waals surface area contributed by atoms with Crippen LogP contribution < -0.4 is 10.9 Å². The van der Waals surface area contributed by atoms with Crippen LogP contribution in [-0.2, 0) is 6.54 Å². The summed E-state index contributed by atoms with van der Waals surface area (Å²) < 4.78 is 1.59. The number of rotatable bonds is 5. The SMILES string of the molecule is CC(C)N1CCC(N[C@H](C)Cn2ncc3ccccc3c2=O)CC1. The molecule has 1 aromatic carbocycles. The van der Waals surface area contributed by atoms with E-state index in [0.717, 1.165) is 23.9 Å². The number of fused-ring (bicyclic) bond motifs is 1. The van der Waals surface area contributed by atoms with Crippen LogP contribution in [0.15, 0.2) is 35.3 Å². The van der Waals surface area contributed by atoms with Gasteiger partial charge in [0.05, 0.1) is 18.1 Å². The van der Waals surface area contributed by atoms with Gasteiger partial charge in [-0.2, -0.15) is 5.10 Å². The Kier molecular flexibility index (Phi) is 5.31. The van der Waals surface area contributed by atoms with E-state index in [1.54, 1.807) is 10.9 Å². The number of likely N-dealkylation sites (tertiary alicyclic amines) is 1. The summed E-state index contributed by atoms with van der Waals surface area (Å²) in [6.45, 7) is 9.56. The van der Waals surface area contributed by atoms with E-state index in [1.807, 2.05) is 24.3 Å². The Morgan fingerprint density at radius 2 is 1.92 bits per heavy atom. The van der Waals surface area contributed by atoms with Crippen LogP contribution in [0.25, 0.3) is 10.8 Å². The van der Waals surface area contributed by atoms with Crippen molar-refractivity contribution in [3.63, 3.8) is 0 Å². The second-order valence-corrected chi connectivity index (χ2v) is 7.19. The zero-order valence-corrected chi connectivity index (χ0v) is 14.9. The summed E-state index contributed by atoms with van der Waals surface area (Å²) in [5.74, 6) is 0. The Morgan fingerprint density at radius 1 is 1.21 bits per heavy atom. The average Bonchev–Trinajstić information content (AvgIpc) is 2.58. The van der Waals surface area contributed by atoms with E-state index in [9.17, 15) is 4.79 Å². The lowest BCUT2D eigenvalue weighted by Crippen LogP contribution is -2.48. The summed E-state index contributed by atoms with van der Waals surface area (Å²) in [5.41, 5.74) is -0.00335. The van der Waals surface area contributed by atoms with Gasteiger partial charge >= 0.3 is 0 Å². The zero-order chi connectivity index (χ0) is 17.1. The van der Waals surface area contributed by atoms with Gasteiger partial charge in [-0.1, -0.05) is 18.2 Å². The highest BCUT2D eigenvalue weighted by Crippen LogP contribution is 2.13. The van der Waals surface area contributed by atoms with Crippen LogP contribution in [0.5, 0.6) is 0 Å². The van der Waals surface area contributed by atoms with Crippen molar-refractivity contribution in [3.05, 3.63) is 40.8 Å². The summed E-state index contributed by atoms with van der Waals surface area (Å²) in [6.07, 6.45) is 4.12. The van der Waals surface area contributed by atoms with E-state index in [0.29, 0.717) is 18.6 Å². The van der Waals surface area contributed by atoms with Gasteiger partial charge in [-0.3, -0.25) is 4.79 Å². The molecule has 2 aromatic rings. The Balaban J connectivity index is 1.60. The molecule has 1 N–H and O–H groups in total. The molecule has 1 aromatic heterocycles. The maximum Gasteiger partial charge on any atom is 0.274 e. The van der Waals surface area contributed by atoms with Crippen molar-refractivity contribution in [2.75, 3.05) is 13.1 Å². The second kappa shape index (κ2) is 7.45.